The van der Waals surface area contributed by atoms with Gasteiger partial charge in [-0.25, -0.2) is 0 Å². The van der Waals surface area contributed by atoms with E-state index >= 15 is 0 Å². The summed E-state index contributed by atoms with van der Waals surface area (Å²) < 4.78 is 10.4. The lowest BCUT2D eigenvalue weighted by Gasteiger charge is -2.09. The number of aryl methyl sites for hydroxylation is 4. The lowest BCUT2D eigenvalue weighted by atomic mass is 9.94. The van der Waals surface area contributed by atoms with Crippen LogP contribution in [-0.4, -0.2) is 15.2 Å². The van der Waals surface area contributed by atoms with Crippen molar-refractivity contribution in [2.75, 3.05) is 0 Å². The first-order valence-electron chi connectivity index (χ1n) is 7.65. The second kappa shape index (κ2) is 6.39. The number of nitro benzene ring substituents is 1. The number of aromatic nitrogens is 2. The number of nitrogens with zero attached hydrogens (tertiary/aromatic N) is 5. The van der Waals surface area contributed by atoms with E-state index in [1.165, 1.54) is 6.07 Å². The van der Waals surface area contributed by atoms with E-state index in [0.717, 1.165) is 0 Å². The molecule has 0 fully saturated rings. The molecule has 0 aliphatic heterocycles. The largest absolute Gasteiger partial charge is 0.361 e. The van der Waals surface area contributed by atoms with Crippen LogP contribution in [0, 0.1) is 37.8 Å². The smallest absolute Gasteiger partial charge is 0.298 e. The van der Waals surface area contributed by atoms with Gasteiger partial charge in [-0.15, -0.1) is 5.11 Å². The predicted octanol–water partition coefficient (Wildman–Crippen LogP) is 4.10. The molecule has 134 valence electrons. The minimum atomic E-state index is -0.534. The van der Waals surface area contributed by atoms with Gasteiger partial charge >= 0.3 is 0 Å². The fourth-order valence-electron chi connectivity index (χ4n) is 3.02. The predicted molar refractivity (Wildman–Crippen MR) is 91.7 cm³/mol. The maximum atomic E-state index is 11.7. The molecule has 0 atom stereocenters. The van der Waals surface area contributed by atoms with E-state index in [9.17, 15) is 10.1 Å². The van der Waals surface area contributed by atoms with Crippen molar-refractivity contribution in [2.24, 2.45) is 16.2 Å². The quantitative estimate of drug-likeness (QED) is 0.320. The molecule has 3 aromatic rings. The van der Waals surface area contributed by atoms with E-state index in [-0.39, 0.29) is 11.4 Å². The number of hydrogen-bond donors (Lipinski definition) is 1. The number of hydrogen-bond acceptors (Lipinski definition) is 8. The standard InChI is InChI=1S/C16H16N6O4/c1-7-14(9(3)25-19-7)11-5-12(15-8(2)20-26-10(15)4)16(18-21-17)13(6-11)22(23)24/h5-6H,1-4H3,(H2,17,18). The van der Waals surface area contributed by atoms with Crippen LogP contribution in [0.15, 0.2) is 31.5 Å². The van der Waals surface area contributed by atoms with Crippen molar-refractivity contribution in [1.82, 2.24) is 10.3 Å². The molecule has 26 heavy (non-hydrogen) atoms. The molecule has 0 radical (unpaired) electrons. The van der Waals surface area contributed by atoms with Gasteiger partial charge in [0.1, 0.15) is 11.5 Å². The van der Waals surface area contributed by atoms with Crippen LogP contribution in [0.1, 0.15) is 22.9 Å². The van der Waals surface area contributed by atoms with Gasteiger partial charge in [-0.1, -0.05) is 15.5 Å². The number of nitrogens with two attached hydrogens (primary N) is 1. The zero-order valence-corrected chi connectivity index (χ0v) is 14.6. The third kappa shape index (κ3) is 2.70. The van der Waals surface area contributed by atoms with E-state index < -0.39 is 4.92 Å². The summed E-state index contributed by atoms with van der Waals surface area (Å²) in [6.45, 7) is 6.96. The zero-order chi connectivity index (χ0) is 19.0. The second-order valence-electron chi connectivity index (χ2n) is 5.76. The van der Waals surface area contributed by atoms with Crippen molar-refractivity contribution in [3.8, 4) is 22.3 Å². The number of rotatable bonds is 4. The van der Waals surface area contributed by atoms with Gasteiger partial charge in [0.15, 0.2) is 5.69 Å². The Morgan fingerprint density at radius 3 is 2.08 bits per heavy atom. The summed E-state index contributed by atoms with van der Waals surface area (Å²) in [7, 11) is 0. The van der Waals surface area contributed by atoms with Gasteiger partial charge in [0.05, 0.1) is 16.3 Å². The molecule has 0 bridgehead atoms. The van der Waals surface area contributed by atoms with Gasteiger partial charge in [0.2, 0.25) is 0 Å². The average molecular weight is 356 g/mol. The fourth-order valence-corrected chi connectivity index (χ4v) is 3.02. The molecule has 0 spiro atoms. The first-order valence-corrected chi connectivity index (χ1v) is 7.65. The molecule has 0 aliphatic rings. The highest BCUT2D eigenvalue weighted by molar-refractivity contribution is 5.89. The van der Waals surface area contributed by atoms with E-state index in [0.29, 0.717) is 45.2 Å². The molecule has 0 saturated heterocycles. The van der Waals surface area contributed by atoms with E-state index in [2.05, 4.69) is 20.7 Å². The Labute approximate surface area is 147 Å². The van der Waals surface area contributed by atoms with Crippen molar-refractivity contribution in [2.45, 2.75) is 27.7 Å². The van der Waals surface area contributed by atoms with Crippen molar-refractivity contribution in [3.63, 3.8) is 0 Å². The Morgan fingerprint density at radius 1 is 1.04 bits per heavy atom. The van der Waals surface area contributed by atoms with Gasteiger partial charge in [-0.05, 0) is 39.3 Å². The van der Waals surface area contributed by atoms with E-state index in [1.54, 1.807) is 33.8 Å². The van der Waals surface area contributed by atoms with Gasteiger partial charge in [0, 0.05) is 22.8 Å². The molecule has 2 heterocycles. The summed E-state index contributed by atoms with van der Waals surface area (Å²) in [4.78, 5) is 11.1. The maximum absolute atomic E-state index is 11.7. The highest BCUT2D eigenvalue weighted by atomic mass is 16.6. The Balaban J connectivity index is 2.43. The monoisotopic (exact) mass is 356 g/mol. The lowest BCUT2D eigenvalue weighted by molar-refractivity contribution is -0.384. The number of nitro groups is 1. The highest BCUT2D eigenvalue weighted by Crippen LogP contribution is 2.44. The molecule has 2 N–H and O–H groups in total. The van der Waals surface area contributed by atoms with Gasteiger partial charge in [-0.2, -0.15) is 0 Å². The van der Waals surface area contributed by atoms with Crippen LogP contribution in [-0.2, 0) is 0 Å². The van der Waals surface area contributed by atoms with Crippen LogP contribution in [0.2, 0.25) is 0 Å². The lowest BCUT2D eigenvalue weighted by Crippen LogP contribution is -1.95. The van der Waals surface area contributed by atoms with Gasteiger partial charge in [-0.3, -0.25) is 10.1 Å². The van der Waals surface area contributed by atoms with Crippen LogP contribution in [0.5, 0.6) is 0 Å². The minimum Gasteiger partial charge on any atom is -0.361 e. The van der Waals surface area contributed by atoms with Crippen LogP contribution >= 0.6 is 0 Å². The second-order valence-corrected chi connectivity index (χ2v) is 5.76. The normalized spacial score (nSPS) is 11.4. The Kier molecular flexibility index (Phi) is 4.24. The summed E-state index contributed by atoms with van der Waals surface area (Å²) in [5.41, 5.74) is 3.27. The molecule has 2 aromatic heterocycles. The van der Waals surface area contributed by atoms with Crippen LogP contribution in [0.25, 0.3) is 22.3 Å². The maximum Gasteiger partial charge on any atom is 0.298 e. The first-order chi connectivity index (χ1) is 12.3. The van der Waals surface area contributed by atoms with E-state index in [1.807, 2.05) is 0 Å². The molecule has 1 aromatic carbocycles. The molecule has 0 unspecified atom stereocenters. The zero-order valence-electron chi connectivity index (χ0n) is 14.6. The molecule has 10 nitrogen and oxygen atoms in total. The Bertz CT molecular complexity index is 995. The topological polar surface area (TPSA) is 146 Å². The van der Waals surface area contributed by atoms with Crippen LogP contribution in [0.3, 0.4) is 0 Å². The van der Waals surface area contributed by atoms with Crippen LogP contribution < -0.4 is 5.84 Å². The Hall–Kier alpha value is -3.56. The van der Waals surface area contributed by atoms with Crippen molar-refractivity contribution < 1.29 is 14.0 Å². The summed E-state index contributed by atoms with van der Waals surface area (Å²) >= 11 is 0. The third-order valence-corrected chi connectivity index (χ3v) is 4.07. The summed E-state index contributed by atoms with van der Waals surface area (Å²) in [5, 5.41) is 26.5. The molecular formula is C16H16N6O4. The summed E-state index contributed by atoms with van der Waals surface area (Å²) in [6, 6.07) is 3.15. The highest BCUT2D eigenvalue weighted by Gasteiger charge is 2.26. The van der Waals surface area contributed by atoms with Crippen LogP contribution in [0.4, 0.5) is 11.4 Å². The average Bonchev–Trinajstić information content (AvgIpc) is 3.09. The minimum absolute atomic E-state index is 0.0300. The SMILES string of the molecule is Cc1noc(C)c1-c1cc(-c2c(C)noc2C)c(N=NN)c([N+](=O)[O-])c1. The van der Waals surface area contributed by atoms with Gasteiger partial charge in [0.25, 0.3) is 5.69 Å². The molecule has 0 aliphatic carbocycles. The Morgan fingerprint density at radius 2 is 1.62 bits per heavy atom. The molecule has 0 amide bonds. The summed E-state index contributed by atoms with van der Waals surface area (Å²) in [5.74, 6) is 6.23. The van der Waals surface area contributed by atoms with E-state index in [4.69, 9.17) is 14.9 Å². The fraction of sp³-hybridized carbons (Fsp3) is 0.250. The van der Waals surface area contributed by atoms with Crippen molar-refractivity contribution in [3.05, 3.63) is 45.2 Å². The molecular weight excluding hydrogens is 340 g/mol. The molecule has 10 heteroatoms. The number of benzene rings is 1. The van der Waals surface area contributed by atoms with Crippen molar-refractivity contribution in [1.29, 1.82) is 0 Å². The first kappa shape index (κ1) is 17.3. The van der Waals surface area contributed by atoms with Crippen molar-refractivity contribution >= 4 is 11.4 Å². The summed E-state index contributed by atoms with van der Waals surface area (Å²) in [6.07, 6.45) is 0. The molecule has 3 rings (SSSR count). The third-order valence-electron chi connectivity index (χ3n) is 4.07. The van der Waals surface area contributed by atoms with Gasteiger partial charge < -0.3 is 14.9 Å². The molecule has 0 saturated carbocycles.